The Morgan fingerprint density at radius 3 is 2.88 bits per heavy atom. The minimum atomic E-state index is 0.144. The Kier molecular flexibility index (Phi) is 2.42. The molecule has 3 rings (SSSR count). The molecule has 1 fully saturated rings. The summed E-state index contributed by atoms with van der Waals surface area (Å²) in [6, 6.07) is 4.04. The van der Waals surface area contributed by atoms with E-state index in [0.29, 0.717) is 5.15 Å². The third-order valence-corrected chi connectivity index (χ3v) is 4.09. The summed E-state index contributed by atoms with van der Waals surface area (Å²) in [4.78, 5) is 6.83. The van der Waals surface area contributed by atoms with Crippen LogP contribution in [0.5, 0.6) is 0 Å². The predicted molar refractivity (Wildman–Crippen MR) is 62.4 cm³/mol. The summed E-state index contributed by atoms with van der Waals surface area (Å²) in [5.74, 6) is 0. The first kappa shape index (κ1) is 10.5. The number of fused-ring (bicyclic) bond motifs is 2. The van der Waals surface area contributed by atoms with Gasteiger partial charge in [0.15, 0.2) is 0 Å². The van der Waals surface area contributed by atoms with Crippen LogP contribution in [-0.4, -0.2) is 30.1 Å². The number of ether oxygens (including phenoxy) is 1. The molecule has 4 heteroatoms. The maximum Gasteiger partial charge on any atom is 0.129 e. The van der Waals surface area contributed by atoms with Crippen molar-refractivity contribution in [3.63, 3.8) is 0 Å². The first-order chi connectivity index (χ1) is 7.72. The van der Waals surface area contributed by atoms with Crippen molar-refractivity contribution >= 4 is 11.6 Å². The molecule has 0 aromatic carbocycles. The third-order valence-electron chi connectivity index (χ3n) is 3.88. The normalized spacial score (nSPS) is 23.6. The number of hydrogen-bond acceptors (Lipinski definition) is 3. The van der Waals surface area contributed by atoms with E-state index in [1.807, 2.05) is 6.07 Å². The summed E-state index contributed by atoms with van der Waals surface area (Å²) in [5.41, 5.74) is 2.63. The van der Waals surface area contributed by atoms with Crippen molar-refractivity contribution in [3.05, 3.63) is 28.5 Å². The van der Waals surface area contributed by atoms with E-state index in [0.717, 1.165) is 38.3 Å². The number of halogens is 1. The molecule has 0 unspecified atom stereocenters. The molecule has 3 heterocycles. The van der Waals surface area contributed by atoms with Gasteiger partial charge in [-0.2, -0.15) is 0 Å². The minimum absolute atomic E-state index is 0.144. The van der Waals surface area contributed by atoms with Gasteiger partial charge in [0.05, 0.1) is 11.2 Å². The first-order valence-corrected chi connectivity index (χ1v) is 6.05. The Bertz CT molecular complexity index is 415. The van der Waals surface area contributed by atoms with Crippen LogP contribution in [0.4, 0.5) is 0 Å². The summed E-state index contributed by atoms with van der Waals surface area (Å²) >= 11 is 5.94. The zero-order valence-corrected chi connectivity index (χ0v) is 10.1. The van der Waals surface area contributed by atoms with Crippen LogP contribution >= 0.6 is 11.6 Å². The number of pyridine rings is 1. The fourth-order valence-electron chi connectivity index (χ4n) is 2.96. The Balaban J connectivity index is 2.07. The molecule has 1 aromatic heterocycles. The summed E-state index contributed by atoms with van der Waals surface area (Å²) in [6.07, 6.45) is 2.11. The standard InChI is InChI=1S/C12H15ClN2O/c1-15-8-10-9(2-3-11(13)14-10)12(15)4-6-16-7-5-12/h2-3H,4-8H2,1H3. The molecule has 0 aliphatic carbocycles. The summed E-state index contributed by atoms with van der Waals surface area (Å²) in [6.45, 7) is 2.58. The van der Waals surface area contributed by atoms with Crippen LogP contribution in [0.3, 0.4) is 0 Å². The number of aromatic nitrogens is 1. The first-order valence-electron chi connectivity index (χ1n) is 5.67. The van der Waals surface area contributed by atoms with Gasteiger partial charge in [-0.3, -0.25) is 4.90 Å². The third kappa shape index (κ3) is 1.39. The second-order valence-electron chi connectivity index (χ2n) is 4.63. The van der Waals surface area contributed by atoms with Gasteiger partial charge in [-0.05, 0) is 31.5 Å². The molecule has 0 amide bonds. The van der Waals surface area contributed by atoms with Crippen LogP contribution in [0.2, 0.25) is 5.15 Å². The number of hydrogen-bond donors (Lipinski definition) is 0. The van der Waals surface area contributed by atoms with Crippen LogP contribution in [0.1, 0.15) is 24.1 Å². The van der Waals surface area contributed by atoms with Gasteiger partial charge in [0.2, 0.25) is 0 Å². The van der Waals surface area contributed by atoms with Crippen LogP contribution in [-0.2, 0) is 16.8 Å². The number of rotatable bonds is 0. The maximum absolute atomic E-state index is 5.94. The lowest BCUT2D eigenvalue weighted by Gasteiger charge is -2.40. The number of nitrogens with zero attached hydrogens (tertiary/aromatic N) is 2. The highest BCUT2D eigenvalue weighted by atomic mass is 35.5. The zero-order valence-electron chi connectivity index (χ0n) is 9.37. The van der Waals surface area contributed by atoms with Gasteiger partial charge in [-0.1, -0.05) is 17.7 Å². The van der Waals surface area contributed by atoms with Crippen LogP contribution in [0.25, 0.3) is 0 Å². The van der Waals surface area contributed by atoms with Crippen molar-refractivity contribution < 1.29 is 4.74 Å². The second kappa shape index (κ2) is 3.69. The summed E-state index contributed by atoms with van der Waals surface area (Å²) in [7, 11) is 2.17. The van der Waals surface area contributed by atoms with E-state index >= 15 is 0 Å². The molecule has 0 saturated carbocycles. The zero-order chi connectivity index (χ0) is 11.2. The summed E-state index contributed by atoms with van der Waals surface area (Å²) < 4.78 is 5.47. The van der Waals surface area contributed by atoms with E-state index in [4.69, 9.17) is 16.3 Å². The van der Waals surface area contributed by atoms with Gasteiger partial charge in [-0.15, -0.1) is 0 Å². The average molecular weight is 239 g/mol. The highest BCUT2D eigenvalue weighted by Crippen LogP contribution is 2.44. The van der Waals surface area contributed by atoms with E-state index in [9.17, 15) is 0 Å². The van der Waals surface area contributed by atoms with Gasteiger partial charge >= 0.3 is 0 Å². The highest BCUT2D eigenvalue weighted by molar-refractivity contribution is 6.29. The van der Waals surface area contributed by atoms with Crippen molar-refractivity contribution in [2.45, 2.75) is 24.9 Å². The maximum atomic E-state index is 5.94. The minimum Gasteiger partial charge on any atom is -0.381 e. The second-order valence-corrected chi connectivity index (χ2v) is 5.02. The van der Waals surface area contributed by atoms with Crippen LogP contribution < -0.4 is 0 Å². The van der Waals surface area contributed by atoms with Crippen molar-refractivity contribution in [2.75, 3.05) is 20.3 Å². The van der Waals surface area contributed by atoms with Crippen molar-refractivity contribution in [3.8, 4) is 0 Å². The lowest BCUT2D eigenvalue weighted by molar-refractivity contribution is -0.0132. The van der Waals surface area contributed by atoms with Crippen molar-refractivity contribution in [2.24, 2.45) is 0 Å². The Labute approximate surface area is 100 Å². The van der Waals surface area contributed by atoms with Gasteiger partial charge in [0.25, 0.3) is 0 Å². The lowest BCUT2D eigenvalue weighted by atomic mass is 9.84. The molecule has 2 aliphatic heterocycles. The van der Waals surface area contributed by atoms with E-state index < -0.39 is 0 Å². The molecule has 1 saturated heterocycles. The van der Waals surface area contributed by atoms with Crippen molar-refractivity contribution in [1.29, 1.82) is 0 Å². The average Bonchev–Trinajstić information content (AvgIpc) is 2.53. The molecule has 86 valence electrons. The van der Waals surface area contributed by atoms with Gasteiger partial charge in [0, 0.05) is 19.8 Å². The van der Waals surface area contributed by atoms with E-state index in [1.54, 1.807) is 0 Å². The van der Waals surface area contributed by atoms with Crippen LogP contribution in [0.15, 0.2) is 12.1 Å². The quantitative estimate of drug-likeness (QED) is 0.648. The monoisotopic (exact) mass is 238 g/mol. The molecule has 2 aliphatic rings. The molecule has 16 heavy (non-hydrogen) atoms. The van der Waals surface area contributed by atoms with Crippen LogP contribution in [0, 0.1) is 0 Å². The Morgan fingerprint density at radius 2 is 2.12 bits per heavy atom. The molecule has 0 N–H and O–H groups in total. The molecule has 3 nitrogen and oxygen atoms in total. The SMILES string of the molecule is CN1Cc2nc(Cl)ccc2C12CCOCC2. The predicted octanol–water partition coefficient (Wildman–Crippen LogP) is 2.19. The molecule has 0 bridgehead atoms. The van der Waals surface area contributed by atoms with Gasteiger partial charge < -0.3 is 4.74 Å². The molecule has 0 atom stereocenters. The Morgan fingerprint density at radius 1 is 1.38 bits per heavy atom. The fraction of sp³-hybridized carbons (Fsp3) is 0.583. The highest BCUT2D eigenvalue weighted by Gasteiger charge is 2.44. The molecule has 0 radical (unpaired) electrons. The molecular formula is C12H15ClN2O. The van der Waals surface area contributed by atoms with Crippen molar-refractivity contribution in [1.82, 2.24) is 9.88 Å². The lowest BCUT2D eigenvalue weighted by Crippen LogP contribution is -2.43. The smallest absolute Gasteiger partial charge is 0.129 e. The van der Waals surface area contributed by atoms with E-state index in [-0.39, 0.29) is 5.54 Å². The van der Waals surface area contributed by atoms with E-state index in [2.05, 4.69) is 23.0 Å². The molecule has 1 spiro atoms. The summed E-state index contributed by atoms with van der Waals surface area (Å²) in [5, 5.41) is 0.594. The topological polar surface area (TPSA) is 25.4 Å². The molecular weight excluding hydrogens is 224 g/mol. The van der Waals surface area contributed by atoms with Gasteiger partial charge in [-0.25, -0.2) is 4.98 Å². The van der Waals surface area contributed by atoms with E-state index in [1.165, 1.54) is 5.56 Å². The van der Waals surface area contributed by atoms with Gasteiger partial charge in [0.1, 0.15) is 5.15 Å². The Hall–Kier alpha value is -0.640. The molecule has 1 aromatic rings. The largest absolute Gasteiger partial charge is 0.381 e. The fourth-order valence-corrected chi connectivity index (χ4v) is 3.13.